The van der Waals surface area contributed by atoms with Crippen molar-refractivity contribution in [3.63, 3.8) is 0 Å². The fourth-order valence-corrected chi connectivity index (χ4v) is 5.27. The molecule has 1 saturated heterocycles. The van der Waals surface area contributed by atoms with Gasteiger partial charge in [-0.15, -0.1) is 0 Å². The zero-order chi connectivity index (χ0) is 23.9. The highest BCUT2D eigenvalue weighted by Gasteiger charge is 2.31. The molecule has 1 fully saturated rings. The van der Waals surface area contributed by atoms with Crippen LogP contribution >= 0.6 is 23.2 Å². The van der Waals surface area contributed by atoms with Gasteiger partial charge in [-0.1, -0.05) is 77.8 Å². The van der Waals surface area contributed by atoms with Crippen molar-refractivity contribution in [2.75, 3.05) is 17.2 Å². The predicted molar refractivity (Wildman–Crippen MR) is 145 cm³/mol. The second kappa shape index (κ2) is 8.91. The molecule has 5 aromatic rings. The van der Waals surface area contributed by atoms with E-state index < -0.39 is 0 Å². The molecule has 0 aliphatic carbocycles. The van der Waals surface area contributed by atoms with Crippen LogP contribution in [-0.4, -0.2) is 21.5 Å². The first-order valence-corrected chi connectivity index (χ1v) is 12.4. The molecule has 3 heterocycles. The molecule has 1 atom stereocenters. The zero-order valence-electron chi connectivity index (χ0n) is 18.9. The molecule has 3 N–H and O–H groups in total. The van der Waals surface area contributed by atoms with Crippen LogP contribution < -0.4 is 10.6 Å². The lowest BCUT2D eigenvalue weighted by atomic mass is 9.95. The number of imidazole rings is 1. The summed E-state index contributed by atoms with van der Waals surface area (Å²) in [6.45, 7) is 0.861. The first kappa shape index (κ1) is 22.0. The van der Waals surface area contributed by atoms with E-state index in [4.69, 9.17) is 38.9 Å². The van der Waals surface area contributed by atoms with Gasteiger partial charge in [0.1, 0.15) is 5.82 Å². The first-order chi connectivity index (χ1) is 17.1. The van der Waals surface area contributed by atoms with E-state index in [0.29, 0.717) is 15.7 Å². The van der Waals surface area contributed by atoms with Crippen molar-refractivity contribution < 1.29 is 0 Å². The number of anilines is 2. The van der Waals surface area contributed by atoms with Crippen molar-refractivity contribution >= 4 is 45.7 Å². The van der Waals surface area contributed by atoms with Crippen LogP contribution in [0.2, 0.25) is 10.0 Å². The number of pyridine rings is 1. The maximum Gasteiger partial charge on any atom is 0.152 e. The van der Waals surface area contributed by atoms with E-state index in [9.17, 15) is 0 Å². The van der Waals surface area contributed by atoms with E-state index in [-0.39, 0.29) is 6.04 Å². The molecular weight excluding hydrogens is 477 g/mol. The second-order valence-electron chi connectivity index (χ2n) is 8.81. The summed E-state index contributed by atoms with van der Waals surface area (Å²) in [5.41, 5.74) is 13.4. The standard InChI is InChI=1S/C28H23Cl2N5/c29-21-14-24-25(15-22(21)30)34-27(33-24)26-11-6-12-35(26)28-23(31)13-18(16-32-28)20-10-5-4-9-19(20)17-7-2-1-3-8-17/h1-5,7-10,13-16,26H,6,11-12,31H2,(H,33,34)/t26-/m0/s1. The largest absolute Gasteiger partial charge is 0.396 e. The van der Waals surface area contributed by atoms with Gasteiger partial charge >= 0.3 is 0 Å². The van der Waals surface area contributed by atoms with E-state index in [1.54, 1.807) is 6.07 Å². The number of hydrogen-bond acceptors (Lipinski definition) is 4. The number of hydrogen-bond donors (Lipinski definition) is 2. The van der Waals surface area contributed by atoms with E-state index >= 15 is 0 Å². The Labute approximate surface area is 213 Å². The maximum atomic E-state index is 6.61. The molecule has 1 aliphatic heterocycles. The highest BCUT2D eigenvalue weighted by molar-refractivity contribution is 6.42. The Hall–Kier alpha value is -3.54. The van der Waals surface area contributed by atoms with Crippen molar-refractivity contribution in [3.05, 3.63) is 94.9 Å². The highest BCUT2D eigenvalue weighted by atomic mass is 35.5. The number of benzene rings is 3. The lowest BCUT2D eigenvalue weighted by Gasteiger charge is -2.26. The van der Waals surface area contributed by atoms with Gasteiger partial charge in [0.2, 0.25) is 0 Å². The summed E-state index contributed by atoms with van der Waals surface area (Å²) in [5.74, 6) is 1.65. The number of aromatic amines is 1. The molecule has 0 saturated carbocycles. The van der Waals surface area contributed by atoms with Gasteiger partial charge in [-0.25, -0.2) is 9.97 Å². The van der Waals surface area contributed by atoms with Crippen molar-refractivity contribution in [2.45, 2.75) is 18.9 Å². The third kappa shape index (κ3) is 4.01. The number of nitrogen functional groups attached to an aromatic ring is 1. The molecule has 6 rings (SSSR count). The Morgan fingerprint density at radius 3 is 2.37 bits per heavy atom. The molecule has 174 valence electrons. The summed E-state index contributed by atoms with van der Waals surface area (Å²) >= 11 is 12.4. The van der Waals surface area contributed by atoms with Crippen molar-refractivity contribution in [3.8, 4) is 22.3 Å². The van der Waals surface area contributed by atoms with Gasteiger partial charge in [-0.2, -0.15) is 0 Å². The number of nitrogens with two attached hydrogens (primary N) is 1. The van der Waals surface area contributed by atoms with Gasteiger partial charge in [-0.3, -0.25) is 0 Å². The number of rotatable bonds is 4. The minimum atomic E-state index is 0.0530. The van der Waals surface area contributed by atoms with Gasteiger partial charge < -0.3 is 15.6 Å². The number of halogens is 2. The average molecular weight is 500 g/mol. The predicted octanol–water partition coefficient (Wildman–Crippen LogP) is 7.52. The third-order valence-corrected chi connectivity index (χ3v) is 7.32. The van der Waals surface area contributed by atoms with Crippen LogP contribution in [0, 0.1) is 0 Å². The number of nitrogens with zero attached hydrogens (tertiary/aromatic N) is 3. The Kier molecular flexibility index (Phi) is 5.59. The fraction of sp³-hybridized carbons (Fsp3) is 0.143. The number of nitrogens with one attached hydrogen (secondary N) is 1. The Morgan fingerprint density at radius 2 is 1.60 bits per heavy atom. The zero-order valence-corrected chi connectivity index (χ0v) is 20.4. The molecule has 0 radical (unpaired) electrons. The Balaban J connectivity index is 1.35. The molecule has 3 aromatic carbocycles. The van der Waals surface area contributed by atoms with Gasteiger partial charge in [0.15, 0.2) is 5.82 Å². The monoisotopic (exact) mass is 499 g/mol. The normalized spacial score (nSPS) is 15.7. The molecule has 0 bridgehead atoms. The van der Waals surface area contributed by atoms with Crippen LogP contribution in [0.15, 0.2) is 79.0 Å². The van der Waals surface area contributed by atoms with Crippen LogP contribution in [0.4, 0.5) is 11.5 Å². The lowest BCUT2D eigenvalue weighted by molar-refractivity contribution is 0.673. The van der Waals surface area contributed by atoms with Gasteiger partial charge in [0, 0.05) is 18.3 Å². The summed E-state index contributed by atoms with van der Waals surface area (Å²) in [7, 11) is 0. The molecule has 7 heteroatoms. The van der Waals surface area contributed by atoms with E-state index in [1.807, 2.05) is 30.5 Å². The number of fused-ring (bicyclic) bond motifs is 1. The molecular formula is C28H23Cl2N5. The number of aromatic nitrogens is 3. The van der Waals surface area contributed by atoms with Crippen LogP contribution in [0.25, 0.3) is 33.3 Å². The molecule has 0 spiro atoms. The molecule has 5 nitrogen and oxygen atoms in total. The molecule has 1 aliphatic rings. The van der Waals surface area contributed by atoms with Crippen molar-refractivity contribution in [2.24, 2.45) is 0 Å². The van der Waals surface area contributed by atoms with Crippen LogP contribution in [0.5, 0.6) is 0 Å². The topological polar surface area (TPSA) is 70.8 Å². The third-order valence-electron chi connectivity index (χ3n) is 6.60. The van der Waals surface area contributed by atoms with Crippen LogP contribution in [-0.2, 0) is 0 Å². The minimum absolute atomic E-state index is 0.0530. The summed E-state index contributed by atoms with van der Waals surface area (Å²) in [5, 5.41) is 1.01. The summed E-state index contributed by atoms with van der Waals surface area (Å²) in [6.07, 6.45) is 3.91. The molecule has 0 unspecified atom stereocenters. The SMILES string of the molecule is Nc1cc(-c2ccccc2-c2ccccc2)cnc1N1CCC[C@H]1c1nc2cc(Cl)c(Cl)cc2[nH]1. The summed E-state index contributed by atoms with van der Waals surface area (Å²) in [4.78, 5) is 15.3. The maximum absolute atomic E-state index is 6.61. The smallest absolute Gasteiger partial charge is 0.152 e. The first-order valence-electron chi connectivity index (χ1n) is 11.6. The van der Waals surface area contributed by atoms with E-state index in [1.165, 1.54) is 0 Å². The Bertz CT molecular complexity index is 1490. The lowest BCUT2D eigenvalue weighted by Crippen LogP contribution is -2.25. The van der Waals surface area contributed by atoms with Crippen molar-refractivity contribution in [1.29, 1.82) is 0 Å². The van der Waals surface area contributed by atoms with Crippen molar-refractivity contribution in [1.82, 2.24) is 15.0 Å². The fourth-order valence-electron chi connectivity index (χ4n) is 4.95. The molecule has 0 amide bonds. The number of H-pyrrole nitrogens is 1. The minimum Gasteiger partial charge on any atom is -0.396 e. The summed E-state index contributed by atoms with van der Waals surface area (Å²) in [6, 6.07) is 24.4. The van der Waals surface area contributed by atoms with E-state index in [0.717, 1.165) is 64.3 Å². The van der Waals surface area contributed by atoms with Gasteiger partial charge in [-0.05, 0) is 47.7 Å². The quantitative estimate of drug-likeness (QED) is 0.268. The molecule has 2 aromatic heterocycles. The Morgan fingerprint density at radius 1 is 0.886 bits per heavy atom. The van der Waals surface area contributed by atoms with Gasteiger partial charge in [0.05, 0.1) is 32.8 Å². The second-order valence-corrected chi connectivity index (χ2v) is 9.62. The van der Waals surface area contributed by atoms with Crippen LogP contribution in [0.3, 0.4) is 0 Å². The van der Waals surface area contributed by atoms with E-state index in [2.05, 4.69) is 52.3 Å². The summed E-state index contributed by atoms with van der Waals surface area (Å²) < 4.78 is 0. The molecule has 35 heavy (non-hydrogen) atoms. The average Bonchev–Trinajstić information content (AvgIpc) is 3.52. The van der Waals surface area contributed by atoms with Gasteiger partial charge in [0.25, 0.3) is 0 Å². The highest BCUT2D eigenvalue weighted by Crippen LogP contribution is 2.40. The van der Waals surface area contributed by atoms with Crippen LogP contribution in [0.1, 0.15) is 24.7 Å².